The van der Waals surface area contributed by atoms with Gasteiger partial charge in [-0.15, -0.1) is 0 Å². The van der Waals surface area contributed by atoms with Gasteiger partial charge in [0.05, 0.1) is 4.92 Å². The van der Waals surface area contributed by atoms with Crippen LogP contribution in [-0.4, -0.2) is 75.5 Å². The second-order valence-corrected chi connectivity index (χ2v) is 8.06. The number of carbonyl (C=O) groups is 3. The fourth-order valence-corrected chi connectivity index (χ4v) is 3.72. The first-order valence-corrected chi connectivity index (χ1v) is 11.1. The first-order valence-electron chi connectivity index (χ1n) is 11.1. The number of aliphatic carboxylic acids is 2. The molecule has 3 rings (SSSR count). The number of likely N-dealkylation sites (tertiary alicyclic amines) is 1. The molecule has 0 bridgehead atoms. The summed E-state index contributed by atoms with van der Waals surface area (Å²) in [6.45, 7) is 2.36. The van der Waals surface area contributed by atoms with E-state index < -0.39 is 16.9 Å². The highest BCUT2D eigenvalue weighted by Crippen LogP contribution is 2.20. The Labute approximate surface area is 203 Å². The van der Waals surface area contributed by atoms with Crippen LogP contribution in [0, 0.1) is 10.1 Å². The van der Waals surface area contributed by atoms with Gasteiger partial charge in [-0.25, -0.2) is 9.59 Å². The molecule has 10 heteroatoms. The Morgan fingerprint density at radius 1 is 1.03 bits per heavy atom. The summed E-state index contributed by atoms with van der Waals surface area (Å²) in [5.41, 5.74) is 1.68. The number of carbonyl (C=O) groups excluding carboxylic acids is 1. The van der Waals surface area contributed by atoms with Crippen LogP contribution < -0.4 is 0 Å². The zero-order valence-corrected chi connectivity index (χ0v) is 19.4. The lowest BCUT2D eigenvalue weighted by Gasteiger charge is -2.36. The molecule has 10 nitrogen and oxygen atoms in total. The summed E-state index contributed by atoms with van der Waals surface area (Å²) < 4.78 is 0. The van der Waals surface area contributed by atoms with E-state index in [1.54, 1.807) is 17.0 Å². The van der Waals surface area contributed by atoms with Gasteiger partial charge in [0.1, 0.15) is 0 Å². The van der Waals surface area contributed by atoms with Gasteiger partial charge in [-0.3, -0.25) is 14.9 Å². The number of amides is 1. The molecule has 1 heterocycles. The lowest BCUT2D eigenvalue weighted by atomic mass is 10.0. The van der Waals surface area contributed by atoms with E-state index in [9.17, 15) is 24.5 Å². The summed E-state index contributed by atoms with van der Waals surface area (Å²) in [5, 5.41) is 26.5. The second kappa shape index (κ2) is 13.6. The Bertz CT molecular complexity index is 1030. The molecule has 0 saturated carbocycles. The summed E-state index contributed by atoms with van der Waals surface area (Å²) in [6.07, 6.45) is 3.98. The van der Waals surface area contributed by atoms with Crippen LogP contribution in [0.1, 0.15) is 28.8 Å². The number of likely N-dealkylation sites (N-methyl/N-ethyl adjacent to an activating group) is 1. The summed E-state index contributed by atoms with van der Waals surface area (Å²) >= 11 is 0. The topological polar surface area (TPSA) is 141 Å². The molecule has 0 spiro atoms. The van der Waals surface area contributed by atoms with Crippen molar-refractivity contribution in [1.82, 2.24) is 9.80 Å². The molecule has 186 valence electrons. The molecular weight excluding hydrogens is 454 g/mol. The lowest BCUT2D eigenvalue weighted by molar-refractivity contribution is -0.384. The van der Waals surface area contributed by atoms with Crippen molar-refractivity contribution in [3.63, 3.8) is 0 Å². The van der Waals surface area contributed by atoms with Crippen LogP contribution in [0.2, 0.25) is 0 Å². The maximum Gasteiger partial charge on any atom is 0.328 e. The highest BCUT2D eigenvalue weighted by molar-refractivity contribution is 5.95. The van der Waals surface area contributed by atoms with E-state index in [-0.39, 0.29) is 11.6 Å². The van der Waals surface area contributed by atoms with E-state index in [4.69, 9.17) is 10.2 Å². The third-order valence-electron chi connectivity index (χ3n) is 5.64. The van der Waals surface area contributed by atoms with Gasteiger partial charge in [0, 0.05) is 55.5 Å². The van der Waals surface area contributed by atoms with Crippen LogP contribution in [0.15, 0.2) is 66.7 Å². The van der Waals surface area contributed by atoms with Gasteiger partial charge in [-0.2, -0.15) is 0 Å². The fourth-order valence-electron chi connectivity index (χ4n) is 3.72. The minimum Gasteiger partial charge on any atom is -0.478 e. The number of nitro benzene ring substituents is 1. The minimum absolute atomic E-state index is 0.0450. The average molecular weight is 484 g/mol. The summed E-state index contributed by atoms with van der Waals surface area (Å²) in [6, 6.07) is 16.9. The standard InChI is InChI=1S/C21H25N3O3.C4H4O4/c1-22(13-10-17-6-3-2-4-7-17)19-11-14-23(15-12-19)21(25)18-8-5-9-20(16-18)24(26)27;5-3(6)1-2-4(7)8/h2-9,16,19H,10-15H2,1H3;1-2H,(H,5,6)(H,7,8)/b;2-1+. The Hall–Kier alpha value is -4.05. The predicted octanol–water partition coefficient (Wildman–Crippen LogP) is 3.09. The van der Waals surface area contributed by atoms with Crippen LogP contribution in [0.4, 0.5) is 5.69 Å². The normalized spacial score (nSPS) is 13.8. The van der Waals surface area contributed by atoms with Gasteiger partial charge in [0.25, 0.3) is 11.6 Å². The summed E-state index contributed by atoms with van der Waals surface area (Å²) in [5.74, 6) is -2.64. The third-order valence-corrected chi connectivity index (χ3v) is 5.64. The predicted molar refractivity (Wildman–Crippen MR) is 129 cm³/mol. The number of non-ortho nitro benzene ring substituents is 1. The van der Waals surface area contributed by atoms with Crippen LogP contribution in [0.25, 0.3) is 0 Å². The van der Waals surface area contributed by atoms with Gasteiger partial charge >= 0.3 is 11.9 Å². The van der Waals surface area contributed by atoms with Crippen molar-refractivity contribution in [3.8, 4) is 0 Å². The van der Waals surface area contributed by atoms with E-state index >= 15 is 0 Å². The summed E-state index contributed by atoms with van der Waals surface area (Å²) in [7, 11) is 2.14. The number of rotatable bonds is 8. The largest absolute Gasteiger partial charge is 0.478 e. The molecule has 0 radical (unpaired) electrons. The van der Waals surface area contributed by atoms with Gasteiger partial charge in [0.2, 0.25) is 0 Å². The van der Waals surface area contributed by atoms with Crippen molar-refractivity contribution in [1.29, 1.82) is 0 Å². The van der Waals surface area contributed by atoms with Crippen molar-refractivity contribution in [2.45, 2.75) is 25.3 Å². The van der Waals surface area contributed by atoms with Crippen LogP contribution >= 0.6 is 0 Å². The number of nitro groups is 1. The van der Waals surface area contributed by atoms with Gasteiger partial charge in [-0.05, 0) is 37.9 Å². The Morgan fingerprint density at radius 3 is 2.17 bits per heavy atom. The lowest BCUT2D eigenvalue weighted by Crippen LogP contribution is -2.46. The van der Waals surface area contributed by atoms with E-state index in [0.29, 0.717) is 36.8 Å². The Kier molecular flexibility index (Phi) is 10.6. The molecule has 35 heavy (non-hydrogen) atoms. The number of piperidine rings is 1. The van der Waals surface area contributed by atoms with E-state index in [1.165, 1.54) is 17.7 Å². The molecule has 0 unspecified atom stereocenters. The molecule has 2 aromatic rings. The van der Waals surface area contributed by atoms with Crippen molar-refractivity contribution >= 4 is 23.5 Å². The van der Waals surface area contributed by atoms with Gasteiger partial charge in [-0.1, -0.05) is 36.4 Å². The van der Waals surface area contributed by atoms with Gasteiger partial charge < -0.3 is 20.0 Å². The van der Waals surface area contributed by atoms with Crippen molar-refractivity contribution in [2.24, 2.45) is 0 Å². The number of carboxylic acid groups (broad SMARTS) is 2. The Morgan fingerprint density at radius 2 is 1.63 bits per heavy atom. The molecule has 1 aliphatic rings. The average Bonchev–Trinajstić information content (AvgIpc) is 2.86. The smallest absolute Gasteiger partial charge is 0.328 e. The number of nitrogens with zero attached hydrogens (tertiary/aromatic N) is 3. The summed E-state index contributed by atoms with van der Waals surface area (Å²) in [4.78, 5) is 46.4. The molecule has 1 fully saturated rings. The molecule has 2 aromatic carbocycles. The number of carboxylic acids is 2. The quantitative estimate of drug-likeness (QED) is 0.331. The first-order chi connectivity index (χ1) is 16.7. The van der Waals surface area contributed by atoms with Crippen LogP contribution in [0.5, 0.6) is 0 Å². The minimum atomic E-state index is -1.26. The maximum absolute atomic E-state index is 12.7. The fraction of sp³-hybridized carbons (Fsp3) is 0.320. The molecule has 0 aromatic heterocycles. The van der Waals surface area contributed by atoms with Crippen molar-refractivity contribution in [3.05, 3.63) is 88.0 Å². The van der Waals surface area contributed by atoms with Crippen molar-refractivity contribution in [2.75, 3.05) is 26.7 Å². The highest BCUT2D eigenvalue weighted by Gasteiger charge is 2.26. The first kappa shape index (κ1) is 27.2. The van der Waals surface area contributed by atoms with Crippen molar-refractivity contribution < 1.29 is 29.5 Å². The van der Waals surface area contributed by atoms with Crippen LogP contribution in [0.3, 0.4) is 0 Å². The third kappa shape index (κ3) is 9.38. The molecule has 0 atom stereocenters. The number of hydrogen-bond donors (Lipinski definition) is 2. The van der Waals surface area contributed by atoms with Crippen LogP contribution in [-0.2, 0) is 16.0 Å². The monoisotopic (exact) mass is 483 g/mol. The molecule has 1 amide bonds. The molecule has 1 aliphatic heterocycles. The second-order valence-electron chi connectivity index (χ2n) is 8.06. The van der Waals surface area contributed by atoms with E-state index in [1.807, 2.05) is 6.07 Å². The molecular formula is C25H29N3O7. The van der Waals surface area contributed by atoms with E-state index in [0.717, 1.165) is 25.8 Å². The highest BCUT2D eigenvalue weighted by atomic mass is 16.6. The SMILES string of the molecule is CN(CCc1ccccc1)C1CCN(C(=O)c2cccc([N+](=O)[O-])c2)CC1.O=C(O)/C=C/C(=O)O. The van der Waals surface area contributed by atoms with Gasteiger partial charge in [0.15, 0.2) is 0 Å². The zero-order valence-electron chi connectivity index (χ0n) is 19.4. The maximum atomic E-state index is 12.7. The zero-order chi connectivity index (χ0) is 25.8. The molecule has 0 aliphatic carbocycles. The number of hydrogen-bond acceptors (Lipinski definition) is 6. The van der Waals surface area contributed by atoms with E-state index in [2.05, 4.69) is 36.2 Å². The molecule has 1 saturated heterocycles. The number of benzene rings is 2. The Balaban J connectivity index is 0.000000466. The molecule has 2 N–H and O–H groups in total.